The quantitative estimate of drug-likeness (QED) is 0.239. The average Bonchev–Trinajstić information content (AvgIpc) is 3.39. The van der Waals surface area contributed by atoms with Gasteiger partial charge in [-0.2, -0.15) is 0 Å². The van der Waals surface area contributed by atoms with Crippen LogP contribution in [-0.2, 0) is 0 Å². The highest BCUT2D eigenvalue weighted by Gasteiger charge is 2.24. The maximum Gasteiger partial charge on any atom is 0.0434 e. The number of aryl methyl sites for hydroxylation is 4. The van der Waals surface area contributed by atoms with Crippen molar-refractivity contribution in [2.75, 3.05) is 0 Å². The minimum Gasteiger partial charge on any atom is -0.134 e. The maximum absolute atomic E-state index is 2.39. The fraction of sp³-hybridized carbons (Fsp3) is 0.125. The Hall–Kier alpha value is -3.20. The van der Waals surface area contributed by atoms with Gasteiger partial charge in [0, 0.05) is 41.1 Å². The molecule has 0 nitrogen and oxygen atoms in total. The molecule has 4 aromatic carbocycles. The van der Waals surface area contributed by atoms with Crippen molar-refractivity contribution in [2.45, 2.75) is 27.7 Å². The maximum atomic E-state index is 2.39. The number of rotatable bonds is 3. The van der Waals surface area contributed by atoms with Crippen LogP contribution in [0.15, 0.2) is 84.9 Å². The standard InChI is InChI=1S/C32H26S2/c1-19-15-21(3)29-25(17-19)27(31(33-29)23-11-7-5-8-12-23)28-26-18-20(2)16-22(4)30(26)34-32(28)24-13-9-6-10-14-24/h5-18H,1-4H3. The van der Waals surface area contributed by atoms with Crippen molar-refractivity contribution in [1.29, 1.82) is 0 Å². The first-order valence-electron chi connectivity index (χ1n) is 11.7. The molecule has 166 valence electrons. The third kappa shape index (κ3) is 3.41. The van der Waals surface area contributed by atoms with Crippen LogP contribution >= 0.6 is 22.7 Å². The predicted molar refractivity (Wildman–Crippen MR) is 152 cm³/mol. The van der Waals surface area contributed by atoms with Crippen molar-refractivity contribution in [3.8, 4) is 32.0 Å². The molecule has 0 fully saturated rings. The van der Waals surface area contributed by atoms with Crippen LogP contribution in [0.25, 0.3) is 52.2 Å². The number of thiophene rings is 2. The number of hydrogen-bond acceptors (Lipinski definition) is 2. The lowest BCUT2D eigenvalue weighted by Crippen LogP contribution is -1.85. The van der Waals surface area contributed by atoms with E-state index >= 15 is 0 Å². The molecule has 0 aliphatic rings. The number of fused-ring (bicyclic) bond motifs is 2. The number of benzene rings is 4. The van der Waals surface area contributed by atoms with Crippen LogP contribution in [0, 0.1) is 27.7 Å². The summed E-state index contributed by atoms with van der Waals surface area (Å²) in [6.07, 6.45) is 0. The van der Waals surface area contributed by atoms with Crippen molar-refractivity contribution in [3.63, 3.8) is 0 Å². The SMILES string of the molecule is Cc1cc(C)c2sc(-c3ccccc3)c(-c3c(-c4ccccc4)sc4c(C)cc(C)cc34)c2c1. The van der Waals surface area contributed by atoms with Gasteiger partial charge in [-0.25, -0.2) is 0 Å². The van der Waals surface area contributed by atoms with Crippen LogP contribution in [0.3, 0.4) is 0 Å². The molecule has 0 atom stereocenters. The first-order valence-corrected chi connectivity index (χ1v) is 13.3. The Balaban J connectivity index is 1.83. The van der Waals surface area contributed by atoms with Gasteiger partial charge < -0.3 is 0 Å². The van der Waals surface area contributed by atoms with Gasteiger partial charge in [0.1, 0.15) is 0 Å². The zero-order valence-corrected chi connectivity index (χ0v) is 21.5. The highest BCUT2D eigenvalue weighted by molar-refractivity contribution is 7.24. The molecule has 2 heteroatoms. The molecule has 34 heavy (non-hydrogen) atoms. The third-order valence-electron chi connectivity index (χ3n) is 6.56. The minimum atomic E-state index is 1.29. The largest absolute Gasteiger partial charge is 0.134 e. The first kappa shape index (κ1) is 21.3. The van der Waals surface area contributed by atoms with E-state index < -0.39 is 0 Å². The molecule has 0 radical (unpaired) electrons. The van der Waals surface area contributed by atoms with Crippen LogP contribution in [0.1, 0.15) is 22.3 Å². The Morgan fingerprint density at radius 1 is 0.471 bits per heavy atom. The lowest BCUT2D eigenvalue weighted by atomic mass is 9.92. The summed E-state index contributed by atoms with van der Waals surface area (Å²) >= 11 is 3.87. The third-order valence-corrected chi connectivity index (χ3v) is 9.34. The molecule has 0 N–H and O–H groups in total. The van der Waals surface area contributed by atoms with Gasteiger partial charge in [-0.15, -0.1) is 22.7 Å². The lowest BCUT2D eigenvalue weighted by molar-refractivity contribution is 1.44. The van der Waals surface area contributed by atoms with Crippen LogP contribution in [0.4, 0.5) is 0 Å². The molecule has 0 spiro atoms. The summed E-state index contributed by atoms with van der Waals surface area (Å²) in [5, 5.41) is 2.75. The zero-order chi connectivity index (χ0) is 23.4. The minimum absolute atomic E-state index is 1.29. The molecule has 6 aromatic rings. The summed E-state index contributed by atoms with van der Waals surface area (Å²) in [6, 6.07) is 31.2. The van der Waals surface area contributed by atoms with Gasteiger partial charge in [-0.1, -0.05) is 83.9 Å². The highest BCUT2D eigenvalue weighted by atomic mass is 32.1. The molecular formula is C32H26S2. The zero-order valence-electron chi connectivity index (χ0n) is 19.9. The van der Waals surface area contributed by atoms with Crippen LogP contribution in [0.5, 0.6) is 0 Å². The van der Waals surface area contributed by atoms with E-state index in [-0.39, 0.29) is 0 Å². The van der Waals surface area contributed by atoms with E-state index in [1.54, 1.807) is 0 Å². The van der Waals surface area contributed by atoms with Gasteiger partial charge in [0.05, 0.1) is 0 Å². The van der Waals surface area contributed by atoms with Gasteiger partial charge in [0.2, 0.25) is 0 Å². The number of hydrogen-bond donors (Lipinski definition) is 0. The van der Waals surface area contributed by atoms with Crippen LogP contribution in [0.2, 0.25) is 0 Å². The fourth-order valence-electron chi connectivity index (χ4n) is 5.18. The first-order chi connectivity index (χ1) is 16.5. The molecule has 6 rings (SSSR count). The molecular weight excluding hydrogens is 448 g/mol. The molecule has 2 heterocycles. The summed E-state index contributed by atoms with van der Waals surface area (Å²) in [5.41, 5.74) is 10.7. The predicted octanol–water partition coefficient (Wildman–Crippen LogP) is 10.4. The normalized spacial score (nSPS) is 11.5. The molecule has 0 saturated heterocycles. The molecule has 0 amide bonds. The fourth-order valence-corrected chi connectivity index (χ4v) is 7.71. The molecule has 0 saturated carbocycles. The highest BCUT2D eigenvalue weighted by Crippen LogP contribution is 2.53. The topological polar surface area (TPSA) is 0 Å². The second-order valence-corrected chi connectivity index (χ2v) is 11.3. The second kappa shape index (κ2) is 8.23. The summed E-state index contributed by atoms with van der Waals surface area (Å²) in [4.78, 5) is 2.72. The Morgan fingerprint density at radius 2 is 0.853 bits per heavy atom. The molecule has 0 aliphatic carbocycles. The van der Waals surface area contributed by atoms with Gasteiger partial charge in [-0.3, -0.25) is 0 Å². The van der Waals surface area contributed by atoms with E-state index in [4.69, 9.17) is 0 Å². The van der Waals surface area contributed by atoms with Gasteiger partial charge >= 0.3 is 0 Å². The Morgan fingerprint density at radius 3 is 1.24 bits per heavy atom. The van der Waals surface area contributed by atoms with Gasteiger partial charge in [0.25, 0.3) is 0 Å². The Kier molecular flexibility index (Phi) is 5.17. The van der Waals surface area contributed by atoms with E-state index in [0.29, 0.717) is 0 Å². The summed E-state index contributed by atoms with van der Waals surface area (Å²) in [7, 11) is 0. The Bertz CT molecular complexity index is 1540. The van der Waals surface area contributed by atoms with Crippen LogP contribution in [-0.4, -0.2) is 0 Å². The second-order valence-electron chi connectivity index (χ2n) is 9.26. The summed E-state index contributed by atoms with van der Waals surface area (Å²) in [5.74, 6) is 0. The van der Waals surface area contributed by atoms with E-state index in [2.05, 4.69) is 113 Å². The van der Waals surface area contributed by atoms with E-state index in [9.17, 15) is 0 Å². The van der Waals surface area contributed by atoms with E-state index in [1.165, 1.54) is 74.4 Å². The van der Waals surface area contributed by atoms with Gasteiger partial charge in [-0.05, 0) is 62.1 Å². The summed E-state index contributed by atoms with van der Waals surface area (Å²) in [6.45, 7) is 8.94. The molecule has 2 aromatic heterocycles. The van der Waals surface area contributed by atoms with Crippen molar-refractivity contribution < 1.29 is 0 Å². The van der Waals surface area contributed by atoms with Crippen molar-refractivity contribution >= 4 is 42.8 Å². The summed E-state index contributed by atoms with van der Waals surface area (Å²) < 4.78 is 2.78. The molecule has 0 aliphatic heterocycles. The van der Waals surface area contributed by atoms with E-state index in [0.717, 1.165) is 0 Å². The van der Waals surface area contributed by atoms with Crippen LogP contribution < -0.4 is 0 Å². The van der Waals surface area contributed by atoms with Gasteiger partial charge in [0.15, 0.2) is 0 Å². The van der Waals surface area contributed by atoms with Crippen molar-refractivity contribution in [2.24, 2.45) is 0 Å². The molecule has 0 bridgehead atoms. The molecule has 0 unspecified atom stereocenters. The van der Waals surface area contributed by atoms with Crippen molar-refractivity contribution in [1.82, 2.24) is 0 Å². The lowest BCUT2D eigenvalue weighted by Gasteiger charge is -2.10. The van der Waals surface area contributed by atoms with E-state index in [1.807, 2.05) is 22.7 Å². The average molecular weight is 475 g/mol. The smallest absolute Gasteiger partial charge is 0.0434 e. The Labute approximate surface area is 209 Å². The van der Waals surface area contributed by atoms with Crippen molar-refractivity contribution in [3.05, 3.63) is 107 Å². The monoisotopic (exact) mass is 474 g/mol.